The lowest BCUT2D eigenvalue weighted by Crippen LogP contribution is -2.53. The van der Waals surface area contributed by atoms with Crippen LogP contribution in [-0.2, 0) is 4.79 Å². The van der Waals surface area contributed by atoms with Crippen molar-refractivity contribution in [1.29, 1.82) is 0 Å². The fourth-order valence-corrected chi connectivity index (χ4v) is 6.00. The van der Waals surface area contributed by atoms with E-state index in [-0.39, 0.29) is 17.9 Å². The van der Waals surface area contributed by atoms with Gasteiger partial charge in [0.25, 0.3) is 5.91 Å². The standard InChI is InChI=1S/C27H30N4O2S/c1-19(2)18-31-25(22-10-7-17-34-22)24(20-8-3-4-9-21(20)26(31)32)27(33)30-15-13-29(14-16-30)23-11-5-6-12-28-23/h3-12,17,19,24-25H,13-16,18H2,1-2H3/t24-,25+/m0/s1. The highest BCUT2D eigenvalue weighted by molar-refractivity contribution is 7.10. The molecule has 176 valence electrons. The Balaban J connectivity index is 1.48. The van der Waals surface area contributed by atoms with E-state index in [2.05, 4.69) is 29.8 Å². The van der Waals surface area contributed by atoms with Gasteiger partial charge in [0, 0.05) is 49.4 Å². The zero-order valence-corrected chi connectivity index (χ0v) is 20.4. The Morgan fingerprint density at radius 1 is 1.03 bits per heavy atom. The third kappa shape index (κ3) is 4.20. The SMILES string of the molecule is CC(C)CN1C(=O)c2ccccc2[C@H](C(=O)N2CCN(c3ccccn3)CC2)[C@H]1c1cccs1. The topological polar surface area (TPSA) is 56.8 Å². The Labute approximate surface area is 204 Å². The van der Waals surface area contributed by atoms with Gasteiger partial charge in [0.15, 0.2) is 0 Å². The van der Waals surface area contributed by atoms with E-state index in [1.807, 2.05) is 63.7 Å². The lowest BCUT2D eigenvalue weighted by molar-refractivity contribution is -0.135. The summed E-state index contributed by atoms with van der Waals surface area (Å²) in [5.74, 6) is 0.962. The zero-order chi connectivity index (χ0) is 23.7. The summed E-state index contributed by atoms with van der Waals surface area (Å²) in [6.45, 7) is 7.63. The number of nitrogens with zero attached hydrogens (tertiary/aromatic N) is 4. The normalized spacial score (nSPS) is 20.6. The van der Waals surface area contributed by atoms with Gasteiger partial charge in [-0.3, -0.25) is 9.59 Å². The highest BCUT2D eigenvalue weighted by Crippen LogP contribution is 2.45. The maximum atomic E-state index is 14.2. The van der Waals surface area contributed by atoms with E-state index in [1.54, 1.807) is 17.5 Å². The molecule has 0 aliphatic carbocycles. The first-order chi connectivity index (χ1) is 16.5. The minimum atomic E-state index is -0.410. The van der Waals surface area contributed by atoms with Crippen molar-refractivity contribution in [3.05, 3.63) is 82.2 Å². The minimum Gasteiger partial charge on any atom is -0.353 e. The summed E-state index contributed by atoms with van der Waals surface area (Å²) < 4.78 is 0. The second-order valence-electron chi connectivity index (χ2n) is 9.38. The highest BCUT2D eigenvalue weighted by atomic mass is 32.1. The molecule has 7 heteroatoms. The van der Waals surface area contributed by atoms with Crippen LogP contribution < -0.4 is 4.90 Å². The van der Waals surface area contributed by atoms with Gasteiger partial charge in [-0.25, -0.2) is 4.98 Å². The summed E-state index contributed by atoms with van der Waals surface area (Å²) in [5.41, 5.74) is 1.50. The lowest BCUT2D eigenvalue weighted by atomic mass is 9.80. The molecule has 1 fully saturated rings. The second kappa shape index (κ2) is 9.58. The van der Waals surface area contributed by atoms with E-state index in [0.717, 1.165) is 29.3 Å². The van der Waals surface area contributed by atoms with Crippen LogP contribution in [0.5, 0.6) is 0 Å². The molecule has 5 rings (SSSR count). The molecule has 2 aliphatic heterocycles. The third-order valence-corrected chi connectivity index (χ3v) is 7.61. The van der Waals surface area contributed by atoms with Crippen LogP contribution in [0.2, 0.25) is 0 Å². The Morgan fingerprint density at radius 3 is 2.47 bits per heavy atom. The number of piperazine rings is 1. The number of hydrogen-bond donors (Lipinski definition) is 0. The van der Waals surface area contributed by atoms with Gasteiger partial charge in [0.2, 0.25) is 5.91 Å². The van der Waals surface area contributed by atoms with Gasteiger partial charge in [0.1, 0.15) is 5.82 Å². The quantitative estimate of drug-likeness (QED) is 0.549. The van der Waals surface area contributed by atoms with Crippen molar-refractivity contribution in [1.82, 2.24) is 14.8 Å². The summed E-state index contributed by atoms with van der Waals surface area (Å²) in [7, 11) is 0. The molecule has 34 heavy (non-hydrogen) atoms. The minimum absolute atomic E-state index is 0.0201. The molecule has 0 bridgehead atoms. The van der Waals surface area contributed by atoms with Gasteiger partial charge in [-0.1, -0.05) is 44.2 Å². The number of aromatic nitrogens is 1. The molecule has 0 N–H and O–H groups in total. The fourth-order valence-electron chi connectivity index (χ4n) is 5.12. The maximum absolute atomic E-state index is 14.2. The molecule has 1 aromatic carbocycles. The number of carbonyl (C=O) groups excluding carboxylic acids is 2. The van der Waals surface area contributed by atoms with Crippen LogP contribution in [-0.4, -0.2) is 59.3 Å². The number of benzene rings is 1. The van der Waals surface area contributed by atoms with E-state index in [0.29, 0.717) is 31.1 Å². The van der Waals surface area contributed by atoms with Crippen molar-refractivity contribution in [3.8, 4) is 0 Å². The zero-order valence-electron chi connectivity index (χ0n) is 19.6. The molecule has 2 aliphatic rings. The molecule has 2 amide bonds. The molecule has 0 unspecified atom stereocenters. The average molecular weight is 475 g/mol. The van der Waals surface area contributed by atoms with E-state index in [1.165, 1.54) is 0 Å². The predicted octanol–water partition coefficient (Wildman–Crippen LogP) is 4.43. The van der Waals surface area contributed by atoms with Gasteiger partial charge in [-0.15, -0.1) is 11.3 Å². The van der Waals surface area contributed by atoms with Crippen LogP contribution in [0.25, 0.3) is 0 Å². The van der Waals surface area contributed by atoms with Crippen molar-refractivity contribution in [2.75, 3.05) is 37.6 Å². The number of rotatable bonds is 5. The maximum Gasteiger partial charge on any atom is 0.254 e. The second-order valence-corrected chi connectivity index (χ2v) is 10.4. The molecule has 4 heterocycles. The number of hydrogen-bond acceptors (Lipinski definition) is 5. The van der Waals surface area contributed by atoms with Crippen LogP contribution in [0.1, 0.15) is 46.6 Å². The number of fused-ring (bicyclic) bond motifs is 1. The molecular weight excluding hydrogens is 444 g/mol. The first-order valence-electron chi connectivity index (χ1n) is 11.9. The predicted molar refractivity (Wildman–Crippen MR) is 135 cm³/mol. The number of anilines is 1. The van der Waals surface area contributed by atoms with Crippen molar-refractivity contribution < 1.29 is 9.59 Å². The molecule has 1 saturated heterocycles. The molecule has 0 radical (unpaired) electrons. The van der Waals surface area contributed by atoms with Gasteiger partial charge in [-0.2, -0.15) is 0 Å². The van der Waals surface area contributed by atoms with Crippen molar-refractivity contribution in [2.45, 2.75) is 25.8 Å². The van der Waals surface area contributed by atoms with E-state index < -0.39 is 5.92 Å². The molecule has 3 aromatic rings. The van der Waals surface area contributed by atoms with Crippen molar-refractivity contribution in [2.24, 2.45) is 5.92 Å². The summed E-state index contributed by atoms with van der Waals surface area (Å²) in [6.07, 6.45) is 1.80. The molecule has 0 saturated carbocycles. The molecule has 6 nitrogen and oxygen atoms in total. The van der Waals surface area contributed by atoms with Crippen LogP contribution >= 0.6 is 11.3 Å². The van der Waals surface area contributed by atoms with Gasteiger partial charge in [-0.05, 0) is 41.1 Å². The largest absolute Gasteiger partial charge is 0.353 e. The molecular formula is C27H30N4O2S. The Hall–Kier alpha value is -3.19. The number of pyridine rings is 1. The monoisotopic (exact) mass is 474 g/mol. The summed E-state index contributed by atoms with van der Waals surface area (Å²) >= 11 is 1.62. The summed E-state index contributed by atoms with van der Waals surface area (Å²) in [6, 6.07) is 17.4. The number of thiophene rings is 1. The van der Waals surface area contributed by atoms with Crippen molar-refractivity contribution in [3.63, 3.8) is 0 Å². The molecule has 0 spiro atoms. The van der Waals surface area contributed by atoms with E-state index >= 15 is 0 Å². The number of amides is 2. The number of carbonyl (C=O) groups is 2. The molecule has 2 aromatic heterocycles. The Kier molecular flexibility index (Phi) is 6.37. The fraction of sp³-hybridized carbons (Fsp3) is 0.370. The van der Waals surface area contributed by atoms with E-state index in [4.69, 9.17) is 0 Å². The first kappa shape index (κ1) is 22.6. The van der Waals surface area contributed by atoms with Crippen LogP contribution in [0.4, 0.5) is 5.82 Å². The Morgan fingerprint density at radius 2 is 1.79 bits per heavy atom. The average Bonchev–Trinajstić information content (AvgIpc) is 3.40. The van der Waals surface area contributed by atoms with Gasteiger partial charge in [0.05, 0.1) is 12.0 Å². The van der Waals surface area contributed by atoms with Gasteiger partial charge >= 0.3 is 0 Å². The smallest absolute Gasteiger partial charge is 0.254 e. The lowest BCUT2D eigenvalue weighted by Gasteiger charge is -2.44. The van der Waals surface area contributed by atoms with Gasteiger partial charge < -0.3 is 14.7 Å². The highest BCUT2D eigenvalue weighted by Gasteiger charge is 2.46. The summed E-state index contributed by atoms with van der Waals surface area (Å²) in [4.78, 5) is 39.4. The van der Waals surface area contributed by atoms with Crippen LogP contribution in [0.3, 0.4) is 0 Å². The first-order valence-corrected chi connectivity index (χ1v) is 12.8. The van der Waals surface area contributed by atoms with Crippen LogP contribution in [0, 0.1) is 5.92 Å². The summed E-state index contributed by atoms with van der Waals surface area (Å²) in [5, 5.41) is 2.03. The molecule has 2 atom stereocenters. The van der Waals surface area contributed by atoms with Crippen molar-refractivity contribution >= 4 is 29.0 Å². The third-order valence-electron chi connectivity index (χ3n) is 6.67. The van der Waals surface area contributed by atoms with Crippen LogP contribution in [0.15, 0.2) is 66.2 Å². The van der Waals surface area contributed by atoms with E-state index in [9.17, 15) is 9.59 Å². The Bertz CT molecular complexity index is 1140.